The number of carbonyl (C=O) groups excluding carboxylic acids is 2. The van der Waals surface area contributed by atoms with Crippen molar-refractivity contribution < 1.29 is 27.5 Å². The molecule has 5 nitrogen and oxygen atoms in total. The summed E-state index contributed by atoms with van der Waals surface area (Å²) in [5, 5.41) is 3.11. The maximum absolute atomic E-state index is 13.8. The fraction of sp³-hybridized carbons (Fsp3) is 0.150. The fourth-order valence-corrected chi connectivity index (χ4v) is 2.76. The van der Waals surface area contributed by atoms with Gasteiger partial charge in [0.15, 0.2) is 0 Å². The number of carbonyl (C=O) groups is 2. The van der Waals surface area contributed by atoms with Crippen LogP contribution in [0.4, 0.5) is 13.2 Å². The number of hydrogen-bond donors (Lipinski definition) is 1. The van der Waals surface area contributed by atoms with Crippen LogP contribution in [-0.4, -0.2) is 30.0 Å². The highest BCUT2D eigenvalue weighted by atomic mass is 19.1. The van der Waals surface area contributed by atoms with Gasteiger partial charge >= 0.3 is 5.97 Å². The average molecular weight is 388 g/mol. The summed E-state index contributed by atoms with van der Waals surface area (Å²) in [4.78, 5) is 28.7. The molecule has 0 saturated carbocycles. The molecule has 0 radical (unpaired) electrons. The van der Waals surface area contributed by atoms with E-state index >= 15 is 0 Å². The Morgan fingerprint density at radius 2 is 1.75 bits per heavy atom. The fourth-order valence-electron chi connectivity index (χ4n) is 2.76. The van der Waals surface area contributed by atoms with Gasteiger partial charge in [0.2, 0.25) is 0 Å². The lowest BCUT2D eigenvalue weighted by Gasteiger charge is -2.17. The quantitative estimate of drug-likeness (QED) is 0.682. The average Bonchev–Trinajstić information content (AvgIpc) is 2.66. The molecule has 0 unspecified atom stereocenters. The number of fused-ring (bicyclic) bond motifs is 1. The second-order valence-corrected chi connectivity index (χ2v) is 5.99. The molecule has 8 heteroatoms. The number of hydrogen-bond acceptors (Lipinski definition) is 4. The summed E-state index contributed by atoms with van der Waals surface area (Å²) in [5.74, 6) is -5.92. The minimum Gasteiger partial charge on any atom is -0.467 e. The predicted molar refractivity (Wildman–Crippen MR) is 95.0 cm³/mol. The summed E-state index contributed by atoms with van der Waals surface area (Å²) in [7, 11) is 1.12. The number of pyridine rings is 1. The Hall–Kier alpha value is -3.42. The Labute approximate surface area is 158 Å². The largest absolute Gasteiger partial charge is 0.467 e. The summed E-state index contributed by atoms with van der Waals surface area (Å²) < 4.78 is 45.4. The molecule has 0 saturated heterocycles. The van der Waals surface area contributed by atoms with Crippen molar-refractivity contribution in [3.63, 3.8) is 0 Å². The molecule has 144 valence electrons. The molecule has 1 N–H and O–H groups in total. The number of aromatic nitrogens is 1. The highest BCUT2D eigenvalue weighted by Crippen LogP contribution is 2.16. The van der Waals surface area contributed by atoms with Gasteiger partial charge in [-0.25, -0.2) is 18.0 Å². The van der Waals surface area contributed by atoms with Gasteiger partial charge in [-0.1, -0.05) is 24.3 Å². The van der Waals surface area contributed by atoms with Gasteiger partial charge < -0.3 is 10.1 Å². The number of nitrogens with zero attached hydrogens (tertiary/aromatic N) is 1. The molecule has 0 spiro atoms. The van der Waals surface area contributed by atoms with E-state index in [2.05, 4.69) is 15.0 Å². The number of para-hydroxylation sites is 1. The molecular formula is C20H15F3N2O3. The number of esters is 1. The van der Waals surface area contributed by atoms with Crippen molar-refractivity contribution in [1.82, 2.24) is 10.3 Å². The first kappa shape index (κ1) is 19.3. The van der Waals surface area contributed by atoms with Gasteiger partial charge in [-0.3, -0.25) is 9.78 Å². The van der Waals surface area contributed by atoms with Gasteiger partial charge in [-0.15, -0.1) is 0 Å². The van der Waals surface area contributed by atoms with Gasteiger partial charge in [0, 0.05) is 29.6 Å². The van der Waals surface area contributed by atoms with E-state index in [1.54, 1.807) is 24.3 Å². The molecule has 0 aliphatic carbocycles. The van der Waals surface area contributed by atoms with Crippen molar-refractivity contribution >= 4 is 22.8 Å². The van der Waals surface area contributed by atoms with E-state index in [0.717, 1.165) is 12.5 Å². The zero-order chi connectivity index (χ0) is 20.3. The highest BCUT2D eigenvalue weighted by molar-refractivity contribution is 5.97. The van der Waals surface area contributed by atoms with Crippen molar-refractivity contribution in [2.75, 3.05) is 7.11 Å². The number of ether oxygens (including phenoxy) is 1. The number of rotatable bonds is 5. The van der Waals surface area contributed by atoms with Gasteiger partial charge in [-0.2, -0.15) is 0 Å². The third kappa shape index (κ3) is 4.11. The van der Waals surface area contributed by atoms with Gasteiger partial charge in [0.05, 0.1) is 12.6 Å². The first-order chi connectivity index (χ1) is 13.4. The Kier molecular flexibility index (Phi) is 5.58. The van der Waals surface area contributed by atoms with Crippen molar-refractivity contribution in [3.8, 4) is 0 Å². The van der Waals surface area contributed by atoms with Gasteiger partial charge in [0.1, 0.15) is 29.1 Å². The second-order valence-electron chi connectivity index (χ2n) is 5.99. The van der Waals surface area contributed by atoms with Crippen LogP contribution in [0.3, 0.4) is 0 Å². The van der Waals surface area contributed by atoms with Crippen LogP contribution in [0.5, 0.6) is 0 Å². The Morgan fingerprint density at radius 3 is 2.43 bits per heavy atom. The molecule has 1 heterocycles. The Morgan fingerprint density at radius 1 is 1.07 bits per heavy atom. The minimum atomic E-state index is -1.37. The zero-order valence-electron chi connectivity index (χ0n) is 14.7. The molecule has 3 rings (SSSR count). The topological polar surface area (TPSA) is 68.3 Å². The molecule has 3 aromatic rings. The number of methoxy groups -OCH3 is 1. The zero-order valence-corrected chi connectivity index (χ0v) is 14.7. The highest BCUT2D eigenvalue weighted by Gasteiger charge is 2.27. The summed E-state index contributed by atoms with van der Waals surface area (Å²) in [6.45, 7) is 0. The van der Waals surface area contributed by atoms with Crippen LogP contribution in [0.2, 0.25) is 0 Å². The maximum Gasteiger partial charge on any atom is 0.328 e. The smallest absolute Gasteiger partial charge is 0.328 e. The summed E-state index contributed by atoms with van der Waals surface area (Å²) in [6, 6.07) is 10.3. The molecule has 0 aliphatic rings. The molecule has 1 atom stereocenters. The number of amides is 1. The van der Waals surface area contributed by atoms with Crippen molar-refractivity contribution in [2.45, 2.75) is 12.5 Å². The van der Waals surface area contributed by atoms with E-state index in [0.29, 0.717) is 23.3 Å². The minimum absolute atomic E-state index is 0.0618. The third-order valence-electron chi connectivity index (χ3n) is 4.09. The summed E-state index contributed by atoms with van der Waals surface area (Å²) >= 11 is 0. The van der Waals surface area contributed by atoms with Crippen LogP contribution in [0.15, 0.2) is 48.5 Å². The molecule has 0 bridgehead atoms. The van der Waals surface area contributed by atoms with Crippen LogP contribution in [0.1, 0.15) is 16.1 Å². The van der Waals surface area contributed by atoms with E-state index in [-0.39, 0.29) is 6.42 Å². The van der Waals surface area contributed by atoms with Gasteiger partial charge in [-0.05, 0) is 12.1 Å². The van der Waals surface area contributed by atoms with Crippen LogP contribution in [0.25, 0.3) is 10.9 Å². The van der Waals surface area contributed by atoms with E-state index < -0.39 is 40.9 Å². The Bertz CT molecular complexity index is 1030. The number of halogens is 3. The lowest BCUT2D eigenvalue weighted by molar-refractivity contribution is -0.142. The lowest BCUT2D eigenvalue weighted by Crippen LogP contribution is -2.43. The molecule has 0 fully saturated rings. The summed E-state index contributed by atoms with van der Waals surface area (Å²) in [6.07, 6.45) is -0.0618. The first-order valence-electron chi connectivity index (χ1n) is 8.27. The van der Waals surface area contributed by atoms with Crippen LogP contribution >= 0.6 is 0 Å². The van der Waals surface area contributed by atoms with Crippen molar-refractivity contribution in [3.05, 3.63) is 77.2 Å². The Balaban J connectivity index is 1.86. The molecule has 1 aromatic heterocycles. The number of nitrogens with one attached hydrogen (secondary N) is 1. The van der Waals surface area contributed by atoms with Gasteiger partial charge in [0.25, 0.3) is 5.91 Å². The lowest BCUT2D eigenvalue weighted by atomic mass is 10.1. The van der Waals surface area contributed by atoms with Crippen LogP contribution in [0, 0.1) is 17.5 Å². The van der Waals surface area contributed by atoms with Crippen molar-refractivity contribution in [2.24, 2.45) is 0 Å². The SMILES string of the molecule is COC(=O)[C@@H](Cc1ccc2ccccc2n1)NC(=O)c1c(F)cc(F)cc1F. The molecule has 28 heavy (non-hydrogen) atoms. The van der Waals surface area contributed by atoms with Crippen molar-refractivity contribution in [1.29, 1.82) is 0 Å². The maximum atomic E-state index is 13.8. The molecule has 0 aliphatic heterocycles. The summed E-state index contributed by atoms with van der Waals surface area (Å²) in [5.41, 5.74) is 0.168. The molecule has 2 aromatic carbocycles. The molecular weight excluding hydrogens is 373 g/mol. The van der Waals surface area contributed by atoms with E-state index in [4.69, 9.17) is 0 Å². The predicted octanol–water partition coefficient (Wildman–Crippen LogP) is 3.17. The first-order valence-corrected chi connectivity index (χ1v) is 8.27. The second kappa shape index (κ2) is 8.08. The monoisotopic (exact) mass is 388 g/mol. The van der Waals surface area contributed by atoms with E-state index in [9.17, 15) is 22.8 Å². The standard InChI is InChI=1S/C20H15F3N2O3/c1-28-20(27)17(10-13-7-6-11-4-2-3-5-16(11)24-13)25-19(26)18-14(22)8-12(21)9-15(18)23/h2-9,17H,10H2,1H3,(H,25,26)/t17-/m1/s1. The van der Waals surface area contributed by atoms with E-state index in [1.165, 1.54) is 0 Å². The van der Waals surface area contributed by atoms with Crippen LogP contribution in [-0.2, 0) is 16.0 Å². The normalized spacial score (nSPS) is 11.9. The third-order valence-corrected chi connectivity index (χ3v) is 4.09. The molecule has 1 amide bonds. The van der Waals surface area contributed by atoms with E-state index in [1.807, 2.05) is 12.1 Å². The van der Waals surface area contributed by atoms with Crippen LogP contribution < -0.4 is 5.32 Å². The number of benzene rings is 2.